The Balaban J connectivity index is 2.01. The number of benzene rings is 1. The second-order valence-electron chi connectivity index (χ2n) is 5.79. The van der Waals surface area contributed by atoms with E-state index >= 15 is 0 Å². The predicted octanol–water partition coefficient (Wildman–Crippen LogP) is 2.16. The van der Waals surface area contributed by atoms with Gasteiger partial charge in [-0.25, -0.2) is 0 Å². The van der Waals surface area contributed by atoms with Gasteiger partial charge in [0.15, 0.2) is 0 Å². The van der Waals surface area contributed by atoms with Gasteiger partial charge in [0.1, 0.15) is 18.0 Å². The zero-order chi connectivity index (χ0) is 15.7. The van der Waals surface area contributed by atoms with Gasteiger partial charge < -0.3 is 9.88 Å². The van der Waals surface area contributed by atoms with Gasteiger partial charge in [0.2, 0.25) is 5.91 Å². The minimum Gasteiger partial charge on any atom is -0.356 e. The molecule has 112 valence electrons. The fourth-order valence-corrected chi connectivity index (χ4v) is 3.11. The quantitative estimate of drug-likeness (QED) is 0.882. The number of hydrogen-bond acceptors (Lipinski definition) is 3. The molecule has 1 atom stereocenters. The molecule has 5 nitrogen and oxygen atoms in total. The van der Waals surface area contributed by atoms with Gasteiger partial charge in [0.05, 0.1) is 0 Å². The molecule has 22 heavy (non-hydrogen) atoms. The molecule has 3 rings (SSSR count). The van der Waals surface area contributed by atoms with Crippen LogP contribution in [0, 0.1) is 24.2 Å². The molecule has 1 aromatic heterocycles. The van der Waals surface area contributed by atoms with Crippen molar-refractivity contribution >= 4 is 23.1 Å². The fraction of sp³-hybridized carbons (Fsp3) is 0.353. The molecular weight excluding hydrogens is 278 g/mol. The summed E-state index contributed by atoms with van der Waals surface area (Å²) in [5.41, 5.74) is 3.12. The van der Waals surface area contributed by atoms with E-state index in [2.05, 4.69) is 11.4 Å². The maximum atomic E-state index is 11.3. The minimum atomic E-state index is 0.0978. The Labute approximate surface area is 128 Å². The van der Waals surface area contributed by atoms with Crippen LogP contribution in [0.25, 0.3) is 10.9 Å². The molecule has 1 unspecified atom stereocenters. The monoisotopic (exact) mass is 295 g/mol. The molecule has 0 bridgehead atoms. The SMILES string of the molecule is Cc1c(C=O)ccc2c1cc(C#N)n2CC1CCC(=O)NC1. The predicted molar refractivity (Wildman–Crippen MR) is 82.5 cm³/mol. The molecule has 0 spiro atoms. The zero-order valence-electron chi connectivity index (χ0n) is 12.4. The molecule has 1 aliphatic rings. The van der Waals surface area contributed by atoms with Gasteiger partial charge in [-0.05, 0) is 43.0 Å². The summed E-state index contributed by atoms with van der Waals surface area (Å²) >= 11 is 0. The third-order valence-corrected chi connectivity index (χ3v) is 4.45. The molecule has 1 fully saturated rings. The second-order valence-corrected chi connectivity index (χ2v) is 5.79. The van der Waals surface area contributed by atoms with Crippen molar-refractivity contribution in [3.8, 4) is 6.07 Å². The van der Waals surface area contributed by atoms with E-state index in [1.807, 2.05) is 23.6 Å². The topological polar surface area (TPSA) is 74.9 Å². The van der Waals surface area contributed by atoms with Crippen LogP contribution < -0.4 is 5.32 Å². The third-order valence-electron chi connectivity index (χ3n) is 4.45. The van der Waals surface area contributed by atoms with Crippen molar-refractivity contribution in [2.24, 2.45) is 5.92 Å². The number of aromatic nitrogens is 1. The summed E-state index contributed by atoms with van der Waals surface area (Å²) in [5.74, 6) is 0.423. The van der Waals surface area contributed by atoms with E-state index in [-0.39, 0.29) is 5.91 Å². The number of carbonyl (C=O) groups excluding carboxylic acids is 2. The Kier molecular flexibility index (Phi) is 3.68. The summed E-state index contributed by atoms with van der Waals surface area (Å²) in [5, 5.41) is 13.2. The van der Waals surface area contributed by atoms with Crippen molar-refractivity contribution in [1.82, 2.24) is 9.88 Å². The van der Waals surface area contributed by atoms with E-state index in [0.717, 1.165) is 29.2 Å². The average molecular weight is 295 g/mol. The molecule has 1 saturated heterocycles. The summed E-state index contributed by atoms with van der Waals surface area (Å²) in [6.07, 6.45) is 2.22. The minimum absolute atomic E-state index is 0.0978. The van der Waals surface area contributed by atoms with Crippen molar-refractivity contribution in [2.75, 3.05) is 6.54 Å². The molecule has 0 saturated carbocycles. The van der Waals surface area contributed by atoms with Crippen molar-refractivity contribution in [3.05, 3.63) is 35.0 Å². The lowest BCUT2D eigenvalue weighted by Crippen LogP contribution is -2.36. The van der Waals surface area contributed by atoms with E-state index in [4.69, 9.17) is 0 Å². The number of fused-ring (bicyclic) bond motifs is 1. The van der Waals surface area contributed by atoms with Crippen molar-refractivity contribution in [1.29, 1.82) is 5.26 Å². The number of nitrogens with one attached hydrogen (secondary N) is 1. The van der Waals surface area contributed by atoms with Gasteiger partial charge >= 0.3 is 0 Å². The molecule has 1 aromatic carbocycles. The lowest BCUT2D eigenvalue weighted by Gasteiger charge is -2.23. The average Bonchev–Trinajstić information content (AvgIpc) is 2.89. The van der Waals surface area contributed by atoms with Crippen molar-refractivity contribution < 1.29 is 9.59 Å². The molecule has 5 heteroatoms. The molecule has 2 heterocycles. The molecule has 1 aliphatic heterocycles. The standard InChI is InChI=1S/C17H17N3O2/c1-11-13(10-21)3-4-16-15(11)6-14(7-18)20(16)9-12-2-5-17(22)19-8-12/h3-4,6,10,12H,2,5,8-9H2,1H3,(H,19,22). The van der Waals surface area contributed by atoms with Crippen LogP contribution in [-0.4, -0.2) is 23.3 Å². The smallest absolute Gasteiger partial charge is 0.220 e. The highest BCUT2D eigenvalue weighted by atomic mass is 16.1. The van der Waals surface area contributed by atoms with Gasteiger partial charge in [-0.15, -0.1) is 0 Å². The maximum Gasteiger partial charge on any atom is 0.220 e. The number of aryl methyl sites for hydroxylation is 1. The molecule has 0 aliphatic carbocycles. The Morgan fingerprint density at radius 3 is 2.95 bits per heavy atom. The van der Waals surface area contributed by atoms with Crippen LogP contribution in [0.4, 0.5) is 0 Å². The van der Waals surface area contributed by atoms with Gasteiger partial charge in [-0.2, -0.15) is 5.26 Å². The first-order chi connectivity index (χ1) is 10.6. The molecule has 1 amide bonds. The van der Waals surface area contributed by atoms with Gasteiger partial charge in [-0.1, -0.05) is 0 Å². The van der Waals surface area contributed by atoms with E-state index in [1.165, 1.54) is 0 Å². The largest absolute Gasteiger partial charge is 0.356 e. The number of rotatable bonds is 3. The summed E-state index contributed by atoms with van der Waals surface area (Å²) in [6.45, 7) is 3.25. The number of carbonyl (C=O) groups is 2. The Morgan fingerprint density at radius 2 is 2.32 bits per heavy atom. The van der Waals surface area contributed by atoms with Gasteiger partial charge in [0, 0.05) is 36.0 Å². The first-order valence-corrected chi connectivity index (χ1v) is 7.39. The maximum absolute atomic E-state index is 11.3. The Morgan fingerprint density at radius 1 is 1.50 bits per heavy atom. The second kappa shape index (κ2) is 5.64. The molecule has 1 N–H and O–H groups in total. The first kappa shape index (κ1) is 14.3. The van der Waals surface area contributed by atoms with Crippen LogP contribution in [0.2, 0.25) is 0 Å². The molecular formula is C17H17N3O2. The Hall–Kier alpha value is -2.61. The van der Waals surface area contributed by atoms with Gasteiger partial charge in [0.25, 0.3) is 0 Å². The highest BCUT2D eigenvalue weighted by molar-refractivity contribution is 5.92. The summed E-state index contributed by atoms with van der Waals surface area (Å²) < 4.78 is 2.00. The zero-order valence-corrected chi connectivity index (χ0v) is 12.4. The normalized spacial score (nSPS) is 18.0. The lowest BCUT2D eigenvalue weighted by molar-refractivity contribution is -0.123. The van der Waals surface area contributed by atoms with Crippen LogP contribution in [0.15, 0.2) is 18.2 Å². The fourth-order valence-electron chi connectivity index (χ4n) is 3.11. The van der Waals surface area contributed by atoms with E-state index in [9.17, 15) is 14.9 Å². The third kappa shape index (κ3) is 2.37. The summed E-state index contributed by atoms with van der Waals surface area (Å²) in [6, 6.07) is 7.78. The lowest BCUT2D eigenvalue weighted by atomic mass is 9.99. The van der Waals surface area contributed by atoms with Crippen molar-refractivity contribution in [3.63, 3.8) is 0 Å². The van der Waals surface area contributed by atoms with Crippen LogP contribution in [0.5, 0.6) is 0 Å². The first-order valence-electron chi connectivity index (χ1n) is 7.39. The number of hydrogen-bond donors (Lipinski definition) is 1. The summed E-state index contributed by atoms with van der Waals surface area (Å²) in [4.78, 5) is 22.3. The highest BCUT2D eigenvalue weighted by Crippen LogP contribution is 2.27. The number of nitriles is 1. The molecule has 0 radical (unpaired) electrons. The Bertz CT molecular complexity index is 788. The summed E-state index contributed by atoms with van der Waals surface area (Å²) in [7, 11) is 0. The van der Waals surface area contributed by atoms with E-state index < -0.39 is 0 Å². The van der Waals surface area contributed by atoms with Gasteiger partial charge in [-0.3, -0.25) is 9.59 Å². The van der Waals surface area contributed by atoms with Crippen LogP contribution in [-0.2, 0) is 11.3 Å². The van der Waals surface area contributed by atoms with Crippen LogP contribution >= 0.6 is 0 Å². The van der Waals surface area contributed by atoms with E-state index in [1.54, 1.807) is 6.07 Å². The number of nitrogens with zero attached hydrogens (tertiary/aromatic N) is 2. The highest BCUT2D eigenvalue weighted by Gasteiger charge is 2.21. The number of amides is 1. The van der Waals surface area contributed by atoms with E-state index in [0.29, 0.717) is 36.7 Å². The number of piperidine rings is 1. The number of aldehydes is 1. The van der Waals surface area contributed by atoms with Crippen LogP contribution in [0.3, 0.4) is 0 Å². The van der Waals surface area contributed by atoms with Crippen molar-refractivity contribution in [2.45, 2.75) is 26.3 Å². The van der Waals surface area contributed by atoms with Crippen LogP contribution in [0.1, 0.15) is 34.5 Å². The molecule has 2 aromatic rings.